The van der Waals surface area contributed by atoms with Gasteiger partial charge in [-0.05, 0) is 24.6 Å². The summed E-state index contributed by atoms with van der Waals surface area (Å²) in [5.41, 5.74) is -0.0687. The molecule has 4 heteroatoms. The van der Waals surface area contributed by atoms with Crippen molar-refractivity contribution >= 4 is 5.97 Å². The zero-order chi connectivity index (χ0) is 12.7. The van der Waals surface area contributed by atoms with Gasteiger partial charge in [0, 0.05) is 0 Å². The molecule has 0 heterocycles. The minimum atomic E-state index is -1.14. The number of aromatic carboxylic acids is 1. The second-order valence-corrected chi connectivity index (χ2v) is 3.86. The maximum absolute atomic E-state index is 13.4. The highest BCUT2D eigenvalue weighted by atomic mass is 19.1. The molecule has 0 fully saturated rings. The lowest BCUT2D eigenvalue weighted by atomic mass is 10.2. The first-order valence-corrected chi connectivity index (χ1v) is 5.80. The summed E-state index contributed by atoms with van der Waals surface area (Å²) in [6.45, 7) is 2.58. The first-order valence-electron chi connectivity index (χ1n) is 5.80. The minimum Gasteiger partial charge on any atom is -0.491 e. The van der Waals surface area contributed by atoms with Crippen molar-refractivity contribution in [3.63, 3.8) is 0 Å². The number of carbonyl (C=O) groups is 1. The van der Waals surface area contributed by atoms with Gasteiger partial charge < -0.3 is 9.84 Å². The second kappa shape index (κ2) is 6.89. The maximum atomic E-state index is 13.4. The molecule has 0 aliphatic heterocycles. The zero-order valence-corrected chi connectivity index (χ0v) is 9.91. The van der Waals surface area contributed by atoms with Gasteiger partial charge >= 0.3 is 5.97 Å². The molecule has 1 aromatic carbocycles. The molecule has 0 amide bonds. The molecule has 1 N–H and O–H groups in total. The third kappa shape index (κ3) is 4.43. The van der Waals surface area contributed by atoms with Crippen molar-refractivity contribution in [2.45, 2.75) is 32.6 Å². The van der Waals surface area contributed by atoms with Crippen LogP contribution in [0.1, 0.15) is 43.0 Å². The molecule has 94 valence electrons. The molecule has 0 atom stereocenters. The Morgan fingerprint density at radius 3 is 2.71 bits per heavy atom. The largest absolute Gasteiger partial charge is 0.491 e. The molecule has 17 heavy (non-hydrogen) atoms. The van der Waals surface area contributed by atoms with Crippen LogP contribution in [0.5, 0.6) is 5.75 Å². The van der Waals surface area contributed by atoms with E-state index in [2.05, 4.69) is 6.92 Å². The average molecular weight is 240 g/mol. The van der Waals surface area contributed by atoms with Gasteiger partial charge in [0.2, 0.25) is 0 Å². The molecule has 0 radical (unpaired) electrons. The van der Waals surface area contributed by atoms with Crippen LogP contribution < -0.4 is 4.74 Å². The van der Waals surface area contributed by atoms with Crippen LogP contribution in [0.3, 0.4) is 0 Å². The SMILES string of the molecule is CCCCCCOc1ccc(C(=O)O)cc1F. The fraction of sp³-hybridized carbons (Fsp3) is 0.462. The standard InChI is InChI=1S/C13H17FO3/c1-2-3-4-5-8-17-12-7-6-10(13(15)16)9-11(12)14/h6-7,9H,2-5,8H2,1H3,(H,15,16). The lowest BCUT2D eigenvalue weighted by Crippen LogP contribution is -2.02. The highest BCUT2D eigenvalue weighted by Gasteiger charge is 2.08. The summed E-state index contributed by atoms with van der Waals surface area (Å²) >= 11 is 0. The number of hydrogen-bond acceptors (Lipinski definition) is 2. The molecule has 0 saturated heterocycles. The van der Waals surface area contributed by atoms with Crippen LogP contribution in [-0.4, -0.2) is 17.7 Å². The van der Waals surface area contributed by atoms with E-state index in [-0.39, 0.29) is 11.3 Å². The monoisotopic (exact) mass is 240 g/mol. The number of carboxylic acids is 1. The lowest BCUT2D eigenvalue weighted by Gasteiger charge is -2.07. The fourth-order valence-corrected chi connectivity index (χ4v) is 1.46. The molecule has 0 aliphatic carbocycles. The van der Waals surface area contributed by atoms with Crippen molar-refractivity contribution in [2.75, 3.05) is 6.61 Å². The van der Waals surface area contributed by atoms with Crippen molar-refractivity contribution in [2.24, 2.45) is 0 Å². The van der Waals surface area contributed by atoms with E-state index in [4.69, 9.17) is 9.84 Å². The van der Waals surface area contributed by atoms with Gasteiger partial charge in [0.25, 0.3) is 0 Å². The molecule has 1 rings (SSSR count). The summed E-state index contributed by atoms with van der Waals surface area (Å²) < 4.78 is 18.6. The van der Waals surface area contributed by atoms with Gasteiger partial charge in [0.05, 0.1) is 12.2 Å². The van der Waals surface area contributed by atoms with Gasteiger partial charge in [0.15, 0.2) is 11.6 Å². The summed E-state index contributed by atoms with van der Waals surface area (Å²) in [5, 5.41) is 8.67. The molecular weight excluding hydrogens is 223 g/mol. The highest BCUT2D eigenvalue weighted by molar-refractivity contribution is 5.87. The number of halogens is 1. The van der Waals surface area contributed by atoms with E-state index in [0.717, 1.165) is 31.7 Å². The number of carboxylic acid groups (broad SMARTS) is 1. The van der Waals surface area contributed by atoms with Crippen LogP contribution in [0.4, 0.5) is 4.39 Å². The number of hydrogen-bond donors (Lipinski definition) is 1. The van der Waals surface area contributed by atoms with Crippen molar-refractivity contribution in [3.8, 4) is 5.75 Å². The predicted molar refractivity (Wildman–Crippen MR) is 63.0 cm³/mol. The summed E-state index contributed by atoms with van der Waals surface area (Å²) in [4.78, 5) is 10.6. The van der Waals surface area contributed by atoms with Gasteiger partial charge in [-0.25, -0.2) is 9.18 Å². The van der Waals surface area contributed by atoms with Gasteiger partial charge in [-0.15, -0.1) is 0 Å². The summed E-state index contributed by atoms with van der Waals surface area (Å²) in [6, 6.07) is 3.68. The quantitative estimate of drug-likeness (QED) is 0.742. The number of benzene rings is 1. The van der Waals surface area contributed by atoms with Crippen LogP contribution in [0.25, 0.3) is 0 Å². The second-order valence-electron chi connectivity index (χ2n) is 3.86. The molecule has 0 aliphatic rings. The molecule has 1 aromatic rings. The van der Waals surface area contributed by atoms with Gasteiger partial charge in [-0.3, -0.25) is 0 Å². The Balaban J connectivity index is 2.46. The minimum absolute atomic E-state index is 0.0687. The molecule has 3 nitrogen and oxygen atoms in total. The number of rotatable bonds is 7. The van der Waals surface area contributed by atoms with Gasteiger partial charge in [-0.2, -0.15) is 0 Å². The Hall–Kier alpha value is -1.58. The van der Waals surface area contributed by atoms with E-state index in [1.807, 2.05) is 0 Å². The van der Waals surface area contributed by atoms with E-state index in [1.165, 1.54) is 12.1 Å². The zero-order valence-electron chi connectivity index (χ0n) is 9.91. The predicted octanol–water partition coefficient (Wildman–Crippen LogP) is 3.48. The fourth-order valence-electron chi connectivity index (χ4n) is 1.46. The first kappa shape index (κ1) is 13.5. The summed E-state index contributed by atoms with van der Waals surface area (Å²) in [6.07, 6.45) is 4.23. The maximum Gasteiger partial charge on any atom is 0.335 e. The third-order valence-electron chi connectivity index (χ3n) is 2.43. The van der Waals surface area contributed by atoms with Crippen LogP contribution in [-0.2, 0) is 0 Å². The van der Waals surface area contributed by atoms with Crippen LogP contribution in [0, 0.1) is 5.82 Å². The Morgan fingerprint density at radius 2 is 2.12 bits per heavy atom. The molecule has 0 aromatic heterocycles. The van der Waals surface area contributed by atoms with Gasteiger partial charge in [-0.1, -0.05) is 26.2 Å². The van der Waals surface area contributed by atoms with E-state index in [0.29, 0.717) is 6.61 Å². The van der Waals surface area contributed by atoms with Crippen molar-refractivity contribution < 1.29 is 19.0 Å². The van der Waals surface area contributed by atoms with Crippen molar-refractivity contribution in [3.05, 3.63) is 29.6 Å². The van der Waals surface area contributed by atoms with E-state index < -0.39 is 11.8 Å². The smallest absolute Gasteiger partial charge is 0.335 e. The van der Waals surface area contributed by atoms with E-state index in [9.17, 15) is 9.18 Å². The third-order valence-corrected chi connectivity index (χ3v) is 2.43. The molecule has 0 saturated carbocycles. The summed E-state index contributed by atoms with van der Waals surface area (Å²) in [5.74, 6) is -1.65. The Labute approximate surface area is 100 Å². The molecule has 0 spiro atoms. The molecule has 0 bridgehead atoms. The van der Waals surface area contributed by atoms with Crippen molar-refractivity contribution in [1.82, 2.24) is 0 Å². The van der Waals surface area contributed by atoms with E-state index in [1.54, 1.807) is 0 Å². The molecule has 0 unspecified atom stereocenters. The lowest BCUT2D eigenvalue weighted by molar-refractivity contribution is 0.0696. The Morgan fingerprint density at radius 1 is 1.35 bits per heavy atom. The Kier molecular flexibility index (Phi) is 5.46. The van der Waals surface area contributed by atoms with E-state index >= 15 is 0 Å². The average Bonchev–Trinajstić information content (AvgIpc) is 2.30. The van der Waals surface area contributed by atoms with Crippen LogP contribution in [0.2, 0.25) is 0 Å². The highest BCUT2D eigenvalue weighted by Crippen LogP contribution is 2.18. The van der Waals surface area contributed by atoms with Crippen LogP contribution in [0.15, 0.2) is 18.2 Å². The van der Waals surface area contributed by atoms with Gasteiger partial charge in [0.1, 0.15) is 0 Å². The first-order chi connectivity index (χ1) is 8.15. The number of ether oxygens (including phenoxy) is 1. The topological polar surface area (TPSA) is 46.5 Å². The molecular formula is C13H17FO3. The number of unbranched alkanes of at least 4 members (excludes halogenated alkanes) is 3. The van der Waals surface area contributed by atoms with Crippen molar-refractivity contribution in [1.29, 1.82) is 0 Å². The Bertz CT molecular complexity index is 377. The normalized spacial score (nSPS) is 10.2. The van der Waals surface area contributed by atoms with Crippen LogP contribution >= 0.6 is 0 Å². The summed E-state index contributed by atoms with van der Waals surface area (Å²) in [7, 11) is 0.